The number of benzene rings is 3. The number of aliphatic imine (C=N–C) groups is 1. The number of nitrogens with zero attached hydrogens (tertiary/aromatic N) is 5. The quantitative estimate of drug-likeness (QED) is 0.0826. The summed E-state index contributed by atoms with van der Waals surface area (Å²) >= 11 is 7.91. The van der Waals surface area contributed by atoms with E-state index in [0.29, 0.717) is 68.3 Å². The summed E-state index contributed by atoms with van der Waals surface area (Å²) in [5.41, 5.74) is 8.42. The Labute approximate surface area is 350 Å². The topological polar surface area (TPSA) is 154 Å². The minimum Gasteiger partial charge on any atom is -0.491 e. The van der Waals surface area contributed by atoms with Gasteiger partial charge in [0.25, 0.3) is 0 Å². The van der Waals surface area contributed by atoms with E-state index in [2.05, 4.69) is 45.0 Å². The van der Waals surface area contributed by atoms with E-state index in [0.717, 1.165) is 61.4 Å². The molecule has 2 aliphatic rings. The fourth-order valence-electron chi connectivity index (χ4n) is 7.02. The zero-order valence-corrected chi connectivity index (χ0v) is 34.5. The van der Waals surface area contributed by atoms with Gasteiger partial charge in [-0.15, -0.1) is 21.5 Å². The SMILES string of the molecule is Cc1sc2c(c1C)C(c1ccc(Cl)cc1)=N[C@@H](CC(=O)Nc1ccc(OCCOCCOCCNc3ccc(-c4ccc5c(c4)CC(=O)N5)cn3)cc1)c1nnc(C)n1-2. The summed E-state index contributed by atoms with van der Waals surface area (Å²) in [6, 6.07) is 24.2. The van der Waals surface area contributed by atoms with Crippen molar-refractivity contribution in [2.75, 3.05) is 55.5 Å². The Hall–Kier alpha value is -5.93. The van der Waals surface area contributed by atoms with Crippen molar-refractivity contribution < 1.29 is 23.8 Å². The third-order valence-electron chi connectivity index (χ3n) is 10.1. The highest BCUT2D eigenvalue weighted by molar-refractivity contribution is 7.15. The Bertz CT molecular complexity index is 2500. The number of aryl methyl sites for hydroxylation is 2. The number of hydrogen-bond acceptors (Lipinski definition) is 11. The predicted octanol–water partition coefficient (Wildman–Crippen LogP) is 7.91. The fraction of sp³-hybridized carbons (Fsp3) is 0.273. The van der Waals surface area contributed by atoms with Crippen molar-refractivity contribution in [3.8, 4) is 21.9 Å². The van der Waals surface area contributed by atoms with Gasteiger partial charge >= 0.3 is 0 Å². The summed E-state index contributed by atoms with van der Waals surface area (Å²) in [7, 11) is 0. The molecule has 5 heterocycles. The fourth-order valence-corrected chi connectivity index (χ4v) is 8.36. The molecule has 302 valence electrons. The lowest BCUT2D eigenvalue weighted by atomic mass is 9.99. The standard InChI is InChI=1S/C44H43ClN8O5S/c1-26-27(2)59-44-41(26)42(29-4-8-33(45)9-5-29)50-37(43-52-51-28(3)53(43)44)24-40(55)48-34-10-12-35(13-11-34)58-21-20-57-19-18-56-17-16-46-38-15-7-31(25-47-38)30-6-14-36-32(22-30)23-39(54)49-36/h4-15,22,25,37H,16-21,23-24H2,1-3H3,(H,46,47)(H,48,55)(H,49,54)/t37-/m0/s1. The molecule has 0 aliphatic carbocycles. The van der Waals surface area contributed by atoms with Crippen molar-refractivity contribution in [1.29, 1.82) is 0 Å². The first kappa shape index (κ1) is 39.9. The molecular weight excluding hydrogens is 788 g/mol. The molecule has 0 saturated heterocycles. The molecule has 1 atom stereocenters. The minimum atomic E-state index is -0.567. The smallest absolute Gasteiger partial charge is 0.228 e. The normalized spacial score (nSPS) is 14.1. The van der Waals surface area contributed by atoms with E-state index in [4.69, 9.17) is 30.8 Å². The van der Waals surface area contributed by atoms with Crippen LogP contribution < -0.4 is 20.7 Å². The number of carbonyl (C=O) groups is 2. The number of amides is 2. The Balaban J connectivity index is 0.752. The molecule has 0 bridgehead atoms. The number of carbonyl (C=O) groups excluding carboxylic acids is 2. The Morgan fingerprint density at radius 1 is 0.898 bits per heavy atom. The van der Waals surface area contributed by atoms with Gasteiger partial charge in [0.15, 0.2) is 5.82 Å². The monoisotopic (exact) mass is 830 g/mol. The number of ether oxygens (including phenoxy) is 3. The summed E-state index contributed by atoms with van der Waals surface area (Å²) in [6.07, 6.45) is 2.30. The highest BCUT2D eigenvalue weighted by Crippen LogP contribution is 2.40. The molecule has 3 aromatic carbocycles. The molecule has 0 unspecified atom stereocenters. The molecule has 0 radical (unpaired) electrons. The summed E-state index contributed by atoms with van der Waals surface area (Å²) in [6.45, 7) is 8.91. The zero-order chi connectivity index (χ0) is 40.9. The second-order valence-corrected chi connectivity index (χ2v) is 15.8. The number of hydrogen-bond donors (Lipinski definition) is 3. The van der Waals surface area contributed by atoms with Crippen LogP contribution >= 0.6 is 22.9 Å². The largest absolute Gasteiger partial charge is 0.491 e. The average Bonchev–Trinajstić information content (AvgIpc) is 3.87. The van der Waals surface area contributed by atoms with Crippen LogP contribution in [0.4, 0.5) is 17.2 Å². The second kappa shape index (κ2) is 17.9. The van der Waals surface area contributed by atoms with Gasteiger partial charge in [0.05, 0.1) is 45.0 Å². The molecule has 8 rings (SSSR count). The number of anilines is 3. The maximum Gasteiger partial charge on any atom is 0.228 e. The van der Waals surface area contributed by atoms with Crippen molar-refractivity contribution in [2.45, 2.75) is 39.7 Å². The molecule has 0 fully saturated rings. The predicted molar refractivity (Wildman–Crippen MR) is 231 cm³/mol. The van der Waals surface area contributed by atoms with E-state index in [1.54, 1.807) is 11.3 Å². The minimum absolute atomic E-state index is 0.0245. The molecule has 6 aromatic rings. The summed E-state index contributed by atoms with van der Waals surface area (Å²) < 4.78 is 19.2. The third kappa shape index (κ3) is 9.21. The van der Waals surface area contributed by atoms with Gasteiger partial charge in [0, 0.05) is 50.7 Å². The maximum absolute atomic E-state index is 13.5. The Kier molecular flexibility index (Phi) is 12.1. The summed E-state index contributed by atoms with van der Waals surface area (Å²) in [4.78, 5) is 36.0. The molecule has 15 heteroatoms. The molecule has 2 amide bonds. The zero-order valence-electron chi connectivity index (χ0n) is 32.9. The lowest BCUT2D eigenvalue weighted by Crippen LogP contribution is -2.17. The van der Waals surface area contributed by atoms with E-state index in [1.807, 2.05) is 96.6 Å². The van der Waals surface area contributed by atoms with Gasteiger partial charge in [0.1, 0.15) is 35.0 Å². The third-order valence-corrected chi connectivity index (χ3v) is 11.6. The van der Waals surface area contributed by atoms with Gasteiger partial charge in [-0.3, -0.25) is 19.1 Å². The molecule has 13 nitrogen and oxygen atoms in total. The van der Waals surface area contributed by atoms with Crippen LogP contribution in [0.3, 0.4) is 0 Å². The van der Waals surface area contributed by atoms with Crippen molar-refractivity contribution in [1.82, 2.24) is 19.7 Å². The number of fused-ring (bicyclic) bond motifs is 4. The molecule has 0 saturated carbocycles. The molecular formula is C44H43ClN8O5S. The van der Waals surface area contributed by atoms with E-state index in [9.17, 15) is 9.59 Å². The molecule has 3 aromatic heterocycles. The number of halogens is 1. The van der Waals surface area contributed by atoms with Gasteiger partial charge in [-0.1, -0.05) is 29.8 Å². The lowest BCUT2D eigenvalue weighted by molar-refractivity contribution is -0.117. The van der Waals surface area contributed by atoms with Gasteiger partial charge in [0.2, 0.25) is 11.8 Å². The van der Waals surface area contributed by atoms with E-state index in [-0.39, 0.29) is 18.2 Å². The van der Waals surface area contributed by atoms with Crippen LogP contribution in [0.2, 0.25) is 5.02 Å². The average molecular weight is 831 g/mol. The van der Waals surface area contributed by atoms with Crippen LogP contribution in [0.5, 0.6) is 5.75 Å². The van der Waals surface area contributed by atoms with Crippen LogP contribution in [0.1, 0.15) is 51.2 Å². The van der Waals surface area contributed by atoms with Crippen molar-refractivity contribution >= 4 is 57.7 Å². The maximum atomic E-state index is 13.5. The van der Waals surface area contributed by atoms with Crippen LogP contribution in [-0.4, -0.2) is 76.9 Å². The molecule has 2 aliphatic heterocycles. The number of nitrogens with one attached hydrogen (secondary N) is 3. The van der Waals surface area contributed by atoms with Crippen LogP contribution in [0.25, 0.3) is 16.1 Å². The second-order valence-electron chi connectivity index (χ2n) is 14.2. The van der Waals surface area contributed by atoms with Gasteiger partial charge in [-0.05, 0) is 98.1 Å². The number of rotatable bonds is 16. The van der Waals surface area contributed by atoms with Crippen molar-refractivity contribution in [2.24, 2.45) is 4.99 Å². The highest BCUT2D eigenvalue weighted by Gasteiger charge is 2.32. The van der Waals surface area contributed by atoms with Crippen LogP contribution in [-0.2, 0) is 25.5 Å². The molecule has 3 N–H and O–H groups in total. The summed E-state index contributed by atoms with van der Waals surface area (Å²) in [5.74, 6) is 2.62. The number of thiophene rings is 1. The van der Waals surface area contributed by atoms with Crippen LogP contribution in [0, 0.1) is 20.8 Å². The Morgan fingerprint density at radius 2 is 1.64 bits per heavy atom. The Morgan fingerprint density at radius 3 is 2.42 bits per heavy atom. The summed E-state index contributed by atoms with van der Waals surface area (Å²) in [5, 5.41) is 19.7. The van der Waals surface area contributed by atoms with Crippen molar-refractivity contribution in [3.05, 3.63) is 129 Å². The molecule has 0 spiro atoms. The first-order chi connectivity index (χ1) is 28.7. The molecule has 59 heavy (non-hydrogen) atoms. The van der Waals surface area contributed by atoms with E-state index >= 15 is 0 Å². The van der Waals surface area contributed by atoms with Crippen molar-refractivity contribution in [3.63, 3.8) is 0 Å². The number of aromatic nitrogens is 4. The van der Waals surface area contributed by atoms with Gasteiger partial charge in [-0.2, -0.15) is 0 Å². The number of pyridine rings is 1. The lowest BCUT2D eigenvalue weighted by Gasteiger charge is -2.13. The van der Waals surface area contributed by atoms with E-state index in [1.165, 1.54) is 4.88 Å². The van der Waals surface area contributed by atoms with Crippen LogP contribution in [0.15, 0.2) is 90.1 Å². The van der Waals surface area contributed by atoms with Gasteiger partial charge in [-0.25, -0.2) is 4.98 Å². The van der Waals surface area contributed by atoms with Gasteiger partial charge < -0.3 is 30.2 Å². The first-order valence-electron chi connectivity index (χ1n) is 19.4. The highest BCUT2D eigenvalue weighted by atomic mass is 35.5. The van der Waals surface area contributed by atoms with E-state index < -0.39 is 6.04 Å². The first-order valence-corrected chi connectivity index (χ1v) is 20.6.